The first-order valence-electron chi connectivity index (χ1n) is 3.95. The van der Waals surface area contributed by atoms with E-state index in [4.69, 9.17) is 16.7 Å². The molecule has 0 saturated carbocycles. The van der Waals surface area contributed by atoms with Gasteiger partial charge < -0.3 is 5.11 Å². The maximum Gasteiger partial charge on any atom is 0.337 e. The van der Waals surface area contributed by atoms with E-state index in [1.165, 1.54) is 6.07 Å². The van der Waals surface area contributed by atoms with Gasteiger partial charge >= 0.3 is 5.97 Å². The van der Waals surface area contributed by atoms with Crippen LogP contribution in [-0.4, -0.2) is 20.9 Å². The van der Waals surface area contributed by atoms with Crippen molar-refractivity contribution in [2.24, 2.45) is 7.05 Å². The van der Waals surface area contributed by atoms with Gasteiger partial charge in [0.1, 0.15) is 0 Å². The number of carboxylic acid groups (broad SMARTS) is 1. The molecular formula is C9H7ClN2O2. The number of carbonyl (C=O) groups is 1. The lowest BCUT2D eigenvalue weighted by Gasteiger charge is -2.00. The molecule has 4 nitrogen and oxygen atoms in total. The molecule has 2 rings (SSSR count). The van der Waals surface area contributed by atoms with Gasteiger partial charge in [0.05, 0.1) is 22.3 Å². The standard InChI is InChI=1S/C9H7ClN2O2/c1-12-7-3-2-5(9(13)14)8(10)6(7)4-11-12/h2-4H,1H3,(H,13,14). The van der Waals surface area contributed by atoms with Crippen LogP contribution in [0.15, 0.2) is 18.3 Å². The van der Waals surface area contributed by atoms with E-state index in [1.54, 1.807) is 24.0 Å². The topological polar surface area (TPSA) is 55.1 Å². The molecule has 5 heteroatoms. The highest BCUT2D eigenvalue weighted by molar-refractivity contribution is 6.38. The highest BCUT2D eigenvalue weighted by Gasteiger charge is 2.13. The molecule has 14 heavy (non-hydrogen) atoms. The van der Waals surface area contributed by atoms with Gasteiger partial charge in [0.2, 0.25) is 0 Å². The normalized spacial score (nSPS) is 10.7. The number of hydrogen-bond donors (Lipinski definition) is 1. The molecule has 0 aliphatic rings. The first kappa shape index (κ1) is 9.02. The third-order valence-corrected chi connectivity index (χ3v) is 2.50. The molecule has 1 N–H and O–H groups in total. The maximum absolute atomic E-state index is 10.8. The van der Waals surface area contributed by atoms with Gasteiger partial charge in [-0.05, 0) is 12.1 Å². The second-order valence-corrected chi connectivity index (χ2v) is 3.31. The predicted octanol–water partition coefficient (Wildman–Crippen LogP) is 1.92. The quantitative estimate of drug-likeness (QED) is 0.783. The minimum Gasteiger partial charge on any atom is -0.478 e. The number of carboxylic acids is 1. The molecule has 0 unspecified atom stereocenters. The van der Waals surface area contributed by atoms with Crippen LogP contribution in [0.5, 0.6) is 0 Å². The molecule has 1 heterocycles. The number of fused-ring (bicyclic) bond motifs is 1. The highest BCUT2D eigenvalue weighted by atomic mass is 35.5. The molecule has 72 valence electrons. The van der Waals surface area contributed by atoms with Gasteiger partial charge in [0.25, 0.3) is 0 Å². The summed E-state index contributed by atoms with van der Waals surface area (Å²) in [6, 6.07) is 3.17. The Morgan fingerprint density at radius 3 is 2.93 bits per heavy atom. The lowest BCUT2D eigenvalue weighted by atomic mass is 10.1. The molecule has 2 aromatic rings. The van der Waals surface area contributed by atoms with Gasteiger partial charge in [-0.15, -0.1) is 0 Å². The Labute approximate surface area is 84.7 Å². The minimum absolute atomic E-state index is 0.104. The number of aromatic nitrogens is 2. The van der Waals surface area contributed by atoms with Gasteiger partial charge in [-0.3, -0.25) is 4.68 Å². The Morgan fingerprint density at radius 2 is 2.29 bits per heavy atom. The smallest absolute Gasteiger partial charge is 0.337 e. The first-order chi connectivity index (χ1) is 6.61. The molecule has 0 aliphatic carbocycles. The zero-order valence-corrected chi connectivity index (χ0v) is 8.12. The Kier molecular flexibility index (Phi) is 1.93. The van der Waals surface area contributed by atoms with Crippen molar-refractivity contribution in [1.29, 1.82) is 0 Å². The Bertz CT molecular complexity index is 519. The summed E-state index contributed by atoms with van der Waals surface area (Å²) in [6.45, 7) is 0. The van der Waals surface area contributed by atoms with E-state index in [2.05, 4.69) is 5.10 Å². The average molecular weight is 211 g/mol. The average Bonchev–Trinajstić information content (AvgIpc) is 2.49. The second kappa shape index (κ2) is 2.99. The van der Waals surface area contributed by atoms with Gasteiger partial charge in [-0.1, -0.05) is 11.6 Å². The van der Waals surface area contributed by atoms with E-state index in [1.807, 2.05) is 0 Å². The largest absolute Gasteiger partial charge is 0.478 e. The van der Waals surface area contributed by atoms with Crippen LogP contribution < -0.4 is 0 Å². The van der Waals surface area contributed by atoms with Crippen molar-refractivity contribution in [3.63, 3.8) is 0 Å². The zero-order chi connectivity index (χ0) is 10.3. The van der Waals surface area contributed by atoms with Crippen LogP contribution in [0, 0.1) is 0 Å². The van der Waals surface area contributed by atoms with Gasteiger partial charge in [0.15, 0.2) is 0 Å². The van der Waals surface area contributed by atoms with Crippen molar-refractivity contribution in [1.82, 2.24) is 9.78 Å². The number of rotatable bonds is 1. The summed E-state index contributed by atoms with van der Waals surface area (Å²) < 4.78 is 1.65. The number of benzene rings is 1. The van der Waals surface area contributed by atoms with Gasteiger partial charge in [-0.2, -0.15) is 5.10 Å². The van der Waals surface area contributed by atoms with Gasteiger partial charge in [0, 0.05) is 12.4 Å². The number of aromatic carboxylic acids is 1. The summed E-state index contributed by atoms with van der Waals surface area (Å²) in [5.41, 5.74) is 0.923. The fourth-order valence-corrected chi connectivity index (χ4v) is 1.65. The lowest BCUT2D eigenvalue weighted by Crippen LogP contribution is -1.97. The first-order valence-corrected chi connectivity index (χ1v) is 4.32. The Balaban J connectivity index is 2.82. The van der Waals surface area contributed by atoms with E-state index >= 15 is 0 Å². The molecule has 0 aliphatic heterocycles. The molecule has 0 radical (unpaired) electrons. The number of halogens is 1. The molecule has 0 saturated heterocycles. The summed E-state index contributed by atoms with van der Waals surface area (Å²) in [5.74, 6) is -1.03. The van der Waals surface area contributed by atoms with E-state index < -0.39 is 5.97 Å². The maximum atomic E-state index is 10.8. The molecular weight excluding hydrogens is 204 g/mol. The van der Waals surface area contributed by atoms with Crippen LogP contribution >= 0.6 is 11.6 Å². The van der Waals surface area contributed by atoms with E-state index in [-0.39, 0.29) is 10.6 Å². The molecule has 0 fully saturated rings. The highest BCUT2D eigenvalue weighted by Crippen LogP contribution is 2.26. The van der Waals surface area contributed by atoms with Crippen LogP contribution in [0.2, 0.25) is 5.02 Å². The van der Waals surface area contributed by atoms with Crippen molar-refractivity contribution in [2.75, 3.05) is 0 Å². The third-order valence-electron chi connectivity index (χ3n) is 2.10. The van der Waals surface area contributed by atoms with Crippen LogP contribution in [0.25, 0.3) is 10.9 Å². The number of nitrogens with zero attached hydrogens (tertiary/aromatic N) is 2. The van der Waals surface area contributed by atoms with Crippen LogP contribution in [0.4, 0.5) is 0 Å². The number of hydrogen-bond acceptors (Lipinski definition) is 2. The molecule has 0 spiro atoms. The monoisotopic (exact) mass is 210 g/mol. The van der Waals surface area contributed by atoms with Crippen molar-refractivity contribution >= 4 is 28.5 Å². The van der Waals surface area contributed by atoms with Crippen molar-refractivity contribution < 1.29 is 9.90 Å². The molecule has 0 bridgehead atoms. The van der Waals surface area contributed by atoms with Crippen LogP contribution in [0.3, 0.4) is 0 Å². The van der Waals surface area contributed by atoms with Crippen molar-refractivity contribution in [3.8, 4) is 0 Å². The lowest BCUT2D eigenvalue weighted by molar-refractivity contribution is 0.0697. The summed E-state index contributed by atoms with van der Waals surface area (Å²) in [6.07, 6.45) is 1.56. The molecule has 0 atom stereocenters. The summed E-state index contributed by atoms with van der Waals surface area (Å²) in [4.78, 5) is 10.8. The number of aryl methyl sites for hydroxylation is 1. The predicted molar refractivity (Wildman–Crippen MR) is 52.7 cm³/mol. The SMILES string of the molecule is Cn1ncc2c(Cl)c(C(=O)O)ccc21. The van der Waals surface area contributed by atoms with Gasteiger partial charge in [-0.25, -0.2) is 4.79 Å². The molecule has 1 aromatic carbocycles. The summed E-state index contributed by atoms with van der Waals surface area (Å²) >= 11 is 5.92. The molecule has 1 aromatic heterocycles. The third kappa shape index (κ3) is 1.15. The second-order valence-electron chi connectivity index (χ2n) is 2.93. The van der Waals surface area contributed by atoms with Crippen molar-refractivity contribution in [2.45, 2.75) is 0 Å². The van der Waals surface area contributed by atoms with Crippen LogP contribution in [-0.2, 0) is 7.05 Å². The summed E-state index contributed by atoms with van der Waals surface area (Å²) in [7, 11) is 1.78. The van der Waals surface area contributed by atoms with E-state index in [0.717, 1.165) is 5.52 Å². The van der Waals surface area contributed by atoms with Crippen molar-refractivity contribution in [3.05, 3.63) is 28.9 Å². The molecule has 0 amide bonds. The van der Waals surface area contributed by atoms with E-state index in [0.29, 0.717) is 5.39 Å². The Hall–Kier alpha value is -1.55. The summed E-state index contributed by atoms with van der Waals surface area (Å²) in [5, 5.41) is 13.7. The minimum atomic E-state index is -1.03. The zero-order valence-electron chi connectivity index (χ0n) is 7.36. The fourth-order valence-electron chi connectivity index (χ4n) is 1.36. The Morgan fingerprint density at radius 1 is 1.57 bits per heavy atom. The van der Waals surface area contributed by atoms with E-state index in [9.17, 15) is 4.79 Å². The fraction of sp³-hybridized carbons (Fsp3) is 0.111. The van der Waals surface area contributed by atoms with Crippen LogP contribution in [0.1, 0.15) is 10.4 Å².